The zero-order valence-corrected chi connectivity index (χ0v) is 26.1. The van der Waals surface area contributed by atoms with Gasteiger partial charge < -0.3 is 4.90 Å². The Hall–Kier alpha value is -5.14. The maximum absolute atomic E-state index is 2.66. The zero-order chi connectivity index (χ0) is 30.3. The normalized spacial score (nSPS) is 21.1. The third-order valence-corrected chi connectivity index (χ3v) is 12.3. The van der Waals surface area contributed by atoms with Crippen LogP contribution in [0, 0.1) is 5.92 Å². The van der Waals surface area contributed by atoms with Crippen molar-refractivity contribution in [2.75, 3.05) is 4.90 Å². The summed E-state index contributed by atoms with van der Waals surface area (Å²) in [6.45, 7) is 4.97. The molecule has 0 saturated heterocycles. The van der Waals surface area contributed by atoms with E-state index in [1.54, 1.807) is 0 Å². The lowest BCUT2D eigenvalue weighted by Gasteiger charge is -2.41. The second-order valence-electron chi connectivity index (χ2n) is 14.2. The first-order chi connectivity index (χ1) is 22.6. The molecule has 3 unspecified atom stereocenters. The summed E-state index contributed by atoms with van der Waals surface area (Å²) in [6.07, 6.45) is 2.52. The Labute approximate surface area is 268 Å². The van der Waals surface area contributed by atoms with E-state index in [1.807, 2.05) is 0 Å². The van der Waals surface area contributed by atoms with E-state index < -0.39 is 0 Å². The third kappa shape index (κ3) is 2.93. The first-order valence-corrected chi connectivity index (χ1v) is 16.9. The molecule has 1 saturated carbocycles. The van der Waals surface area contributed by atoms with Crippen LogP contribution in [-0.2, 0) is 0 Å². The van der Waals surface area contributed by atoms with Crippen LogP contribution in [0.5, 0.6) is 0 Å². The minimum atomic E-state index is 0.0926. The molecule has 1 nitrogen and oxygen atoms in total. The van der Waals surface area contributed by atoms with Gasteiger partial charge in [-0.15, -0.1) is 0 Å². The number of rotatable bonds is 2. The second-order valence-corrected chi connectivity index (χ2v) is 14.2. The SMILES string of the molecule is CC1CCC2c3cc(-c4ccc5c6cc7c(cc6c6cccc4c65)c4cccc5cccc7c54)ccc3N(c3ccccc3)C12C. The number of anilines is 2. The van der Waals surface area contributed by atoms with E-state index in [0.29, 0.717) is 11.8 Å². The average molecular weight is 588 g/mol. The Morgan fingerprint density at radius 3 is 1.89 bits per heavy atom. The Balaban J connectivity index is 1.14. The molecule has 1 fully saturated rings. The minimum absolute atomic E-state index is 0.0926. The predicted octanol–water partition coefficient (Wildman–Crippen LogP) is 12.6. The summed E-state index contributed by atoms with van der Waals surface area (Å²) in [5.74, 6) is 1.16. The fraction of sp³-hybridized carbons (Fsp3) is 0.156. The van der Waals surface area contributed by atoms with Crippen molar-refractivity contribution in [2.24, 2.45) is 5.92 Å². The van der Waals surface area contributed by atoms with E-state index in [9.17, 15) is 0 Å². The maximum atomic E-state index is 2.66. The van der Waals surface area contributed by atoms with Gasteiger partial charge in [-0.2, -0.15) is 0 Å². The summed E-state index contributed by atoms with van der Waals surface area (Å²) in [4.78, 5) is 2.66. The van der Waals surface area contributed by atoms with Crippen molar-refractivity contribution in [1.29, 1.82) is 0 Å². The van der Waals surface area contributed by atoms with E-state index in [2.05, 4.69) is 146 Å². The van der Waals surface area contributed by atoms with Crippen molar-refractivity contribution in [1.82, 2.24) is 0 Å². The summed E-state index contributed by atoms with van der Waals surface area (Å²) < 4.78 is 0. The van der Waals surface area contributed by atoms with Crippen molar-refractivity contribution in [3.8, 4) is 11.1 Å². The van der Waals surface area contributed by atoms with Gasteiger partial charge in [0.25, 0.3) is 0 Å². The standard InChI is InChI=1S/C45H33N/c1-26-17-21-41-40-23-28(18-22-42(40)46(45(26,41)2)29-11-4-3-5-12-29)30-19-20-35-39-25-37-33-14-7-10-27-9-6-13-32(43(27)33)36(37)24-38(39)34-16-8-15-31(30)44(34)35/h3-16,18-20,22-26,41H,17,21H2,1-2H3. The summed E-state index contributed by atoms with van der Waals surface area (Å²) in [5.41, 5.74) is 6.98. The van der Waals surface area contributed by atoms with Crippen molar-refractivity contribution < 1.29 is 0 Å². The van der Waals surface area contributed by atoms with Gasteiger partial charge in [0.2, 0.25) is 0 Å². The molecule has 1 heteroatoms. The molecule has 1 aliphatic carbocycles. The number of nitrogens with zero attached hydrogens (tertiary/aromatic N) is 1. The van der Waals surface area contributed by atoms with Crippen LogP contribution in [0.3, 0.4) is 0 Å². The molecule has 9 aromatic carbocycles. The van der Waals surface area contributed by atoms with Crippen LogP contribution < -0.4 is 4.90 Å². The molecule has 9 aromatic rings. The fourth-order valence-electron chi connectivity index (χ4n) is 10.0. The molecule has 0 spiro atoms. The monoisotopic (exact) mass is 587 g/mol. The van der Waals surface area contributed by atoms with Gasteiger partial charge in [-0.1, -0.05) is 97.9 Å². The van der Waals surface area contributed by atoms with Gasteiger partial charge in [-0.25, -0.2) is 0 Å². The third-order valence-electron chi connectivity index (χ3n) is 12.3. The van der Waals surface area contributed by atoms with Crippen LogP contribution in [0.15, 0.2) is 127 Å². The number of fused-ring (bicyclic) bond motifs is 9. The highest BCUT2D eigenvalue weighted by atomic mass is 15.2. The summed E-state index contributed by atoms with van der Waals surface area (Å²) in [7, 11) is 0. The molecule has 0 aromatic heterocycles. The van der Waals surface area contributed by atoms with Crippen LogP contribution in [0.4, 0.5) is 11.4 Å². The lowest BCUT2D eigenvalue weighted by Crippen LogP contribution is -2.45. The lowest BCUT2D eigenvalue weighted by atomic mass is 9.81. The summed E-state index contributed by atoms with van der Waals surface area (Å²) in [6, 6.07) is 48.6. The van der Waals surface area contributed by atoms with E-state index >= 15 is 0 Å². The first-order valence-electron chi connectivity index (χ1n) is 16.9. The number of hydrogen-bond acceptors (Lipinski definition) is 1. The Morgan fingerprint density at radius 2 is 1.17 bits per heavy atom. The van der Waals surface area contributed by atoms with Gasteiger partial charge in [0.1, 0.15) is 0 Å². The molecule has 1 heterocycles. The van der Waals surface area contributed by atoms with Crippen LogP contribution in [-0.4, -0.2) is 5.54 Å². The van der Waals surface area contributed by atoms with E-state index in [1.165, 1.54) is 106 Å². The van der Waals surface area contributed by atoms with Gasteiger partial charge in [-0.05, 0) is 143 Å². The molecule has 0 bridgehead atoms. The van der Waals surface area contributed by atoms with Gasteiger partial charge >= 0.3 is 0 Å². The topological polar surface area (TPSA) is 3.24 Å². The van der Waals surface area contributed by atoms with Crippen molar-refractivity contribution in [2.45, 2.75) is 38.1 Å². The van der Waals surface area contributed by atoms with Gasteiger partial charge in [0.15, 0.2) is 0 Å². The van der Waals surface area contributed by atoms with Gasteiger partial charge in [0, 0.05) is 17.3 Å². The number of para-hydroxylation sites is 1. The lowest BCUT2D eigenvalue weighted by molar-refractivity contribution is 0.355. The quantitative estimate of drug-likeness (QED) is 0.194. The highest BCUT2D eigenvalue weighted by molar-refractivity contribution is 6.38. The highest BCUT2D eigenvalue weighted by Crippen LogP contribution is 2.61. The first kappa shape index (κ1) is 25.1. The Morgan fingerprint density at radius 1 is 0.543 bits per heavy atom. The van der Waals surface area contributed by atoms with Crippen molar-refractivity contribution >= 4 is 76.0 Å². The molecule has 46 heavy (non-hydrogen) atoms. The molecule has 218 valence electrons. The van der Waals surface area contributed by atoms with Gasteiger partial charge in [-0.3, -0.25) is 0 Å². The van der Waals surface area contributed by atoms with Crippen molar-refractivity contribution in [3.05, 3.63) is 133 Å². The van der Waals surface area contributed by atoms with Crippen LogP contribution in [0.1, 0.15) is 38.2 Å². The zero-order valence-electron chi connectivity index (χ0n) is 26.1. The van der Waals surface area contributed by atoms with E-state index in [-0.39, 0.29) is 5.54 Å². The molecule has 11 rings (SSSR count). The van der Waals surface area contributed by atoms with E-state index in [4.69, 9.17) is 0 Å². The summed E-state index contributed by atoms with van der Waals surface area (Å²) in [5, 5.41) is 16.4. The minimum Gasteiger partial charge on any atom is -0.334 e. The molecule has 0 N–H and O–H groups in total. The van der Waals surface area contributed by atoms with Crippen LogP contribution in [0.25, 0.3) is 75.8 Å². The summed E-state index contributed by atoms with van der Waals surface area (Å²) >= 11 is 0. The fourth-order valence-corrected chi connectivity index (χ4v) is 10.0. The number of benzene rings is 7. The molecule has 3 atom stereocenters. The number of hydrogen-bond donors (Lipinski definition) is 0. The molecular formula is C45H33N. The van der Waals surface area contributed by atoms with E-state index in [0.717, 1.165) is 0 Å². The Bertz CT molecular complexity index is 2600. The van der Waals surface area contributed by atoms with Crippen LogP contribution >= 0.6 is 0 Å². The molecule has 0 radical (unpaired) electrons. The maximum Gasteiger partial charge on any atom is 0.0518 e. The van der Waals surface area contributed by atoms with Crippen molar-refractivity contribution in [3.63, 3.8) is 0 Å². The van der Waals surface area contributed by atoms with Crippen LogP contribution in [0.2, 0.25) is 0 Å². The molecular weight excluding hydrogens is 555 g/mol. The molecule has 0 amide bonds. The Kier molecular flexibility index (Phi) is 4.67. The smallest absolute Gasteiger partial charge is 0.0518 e. The largest absolute Gasteiger partial charge is 0.334 e. The molecule has 1 aliphatic heterocycles. The molecule has 2 aliphatic rings. The van der Waals surface area contributed by atoms with Gasteiger partial charge in [0.05, 0.1) is 5.54 Å². The second kappa shape index (κ2) is 8.56. The predicted molar refractivity (Wildman–Crippen MR) is 197 cm³/mol. The average Bonchev–Trinajstić information content (AvgIpc) is 3.77. The highest BCUT2D eigenvalue weighted by Gasteiger charge is 2.55.